The Bertz CT molecular complexity index is 551. The van der Waals surface area contributed by atoms with Gasteiger partial charge in [-0.25, -0.2) is 4.79 Å². The van der Waals surface area contributed by atoms with Gasteiger partial charge in [-0.15, -0.1) is 0 Å². The van der Waals surface area contributed by atoms with Gasteiger partial charge in [0.2, 0.25) is 0 Å². The molecule has 0 saturated carbocycles. The summed E-state index contributed by atoms with van der Waals surface area (Å²) in [5.74, 6) is -0.0652. The number of anilines is 1. The third kappa shape index (κ3) is 15.8. The zero-order valence-corrected chi connectivity index (χ0v) is 18.6. The zero-order valence-electron chi connectivity index (χ0n) is 18.6. The van der Waals surface area contributed by atoms with Gasteiger partial charge in [0.25, 0.3) is 0 Å². The van der Waals surface area contributed by atoms with Crippen molar-refractivity contribution in [1.29, 1.82) is 0 Å². The van der Waals surface area contributed by atoms with Crippen molar-refractivity contribution >= 4 is 17.7 Å². The SMILES string of the molecule is CCOC(=O)CCCCCCCCCCCOCCCNC(=O)Nc1ccccc1. The first-order valence-electron chi connectivity index (χ1n) is 11.6. The van der Waals surface area contributed by atoms with Crippen molar-refractivity contribution in [2.75, 3.05) is 31.7 Å². The number of esters is 1. The number of carbonyl (C=O) groups is 2. The van der Waals surface area contributed by atoms with Crippen molar-refractivity contribution in [2.24, 2.45) is 0 Å². The lowest BCUT2D eigenvalue weighted by atomic mass is 10.1. The van der Waals surface area contributed by atoms with Gasteiger partial charge in [0.15, 0.2) is 0 Å². The van der Waals surface area contributed by atoms with Crippen molar-refractivity contribution in [3.8, 4) is 0 Å². The summed E-state index contributed by atoms with van der Waals surface area (Å²) in [7, 11) is 0. The van der Waals surface area contributed by atoms with E-state index in [9.17, 15) is 9.59 Å². The quantitative estimate of drug-likeness (QED) is 0.237. The molecule has 1 aromatic rings. The van der Waals surface area contributed by atoms with E-state index in [0.29, 0.717) is 26.2 Å². The Morgan fingerprint density at radius 3 is 2.07 bits per heavy atom. The first kappa shape index (κ1) is 26.0. The Balaban J connectivity index is 1.75. The molecule has 0 aliphatic heterocycles. The van der Waals surface area contributed by atoms with Crippen molar-refractivity contribution in [2.45, 2.75) is 77.6 Å². The smallest absolute Gasteiger partial charge is 0.319 e. The number of ether oxygens (including phenoxy) is 2. The van der Waals surface area contributed by atoms with Crippen molar-refractivity contribution in [3.05, 3.63) is 30.3 Å². The molecule has 0 spiro atoms. The van der Waals surface area contributed by atoms with E-state index in [4.69, 9.17) is 9.47 Å². The van der Waals surface area contributed by atoms with Crippen LogP contribution in [0.1, 0.15) is 77.6 Å². The highest BCUT2D eigenvalue weighted by atomic mass is 16.5. The Morgan fingerprint density at radius 1 is 0.800 bits per heavy atom. The van der Waals surface area contributed by atoms with Crippen molar-refractivity contribution in [1.82, 2.24) is 5.32 Å². The van der Waals surface area contributed by atoms with Crippen LogP contribution in [-0.2, 0) is 14.3 Å². The molecule has 2 amide bonds. The van der Waals surface area contributed by atoms with E-state index in [0.717, 1.165) is 38.0 Å². The maximum atomic E-state index is 11.7. The van der Waals surface area contributed by atoms with Gasteiger partial charge in [0.1, 0.15) is 0 Å². The summed E-state index contributed by atoms with van der Waals surface area (Å²) in [6.07, 6.45) is 12.0. The second kappa shape index (κ2) is 18.9. The molecule has 0 bridgehead atoms. The number of urea groups is 1. The van der Waals surface area contributed by atoms with E-state index in [1.165, 1.54) is 38.5 Å². The number of amides is 2. The molecule has 6 nitrogen and oxygen atoms in total. The van der Waals surface area contributed by atoms with E-state index >= 15 is 0 Å². The second-order valence-corrected chi connectivity index (χ2v) is 7.45. The lowest BCUT2D eigenvalue weighted by molar-refractivity contribution is -0.143. The van der Waals surface area contributed by atoms with E-state index < -0.39 is 0 Å². The van der Waals surface area contributed by atoms with Crippen LogP contribution >= 0.6 is 0 Å². The molecule has 6 heteroatoms. The molecule has 0 aliphatic rings. The summed E-state index contributed by atoms with van der Waals surface area (Å²) in [5.41, 5.74) is 0.792. The Hall–Kier alpha value is -2.08. The Morgan fingerprint density at radius 2 is 1.40 bits per heavy atom. The third-order valence-corrected chi connectivity index (χ3v) is 4.76. The van der Waals surface area contributed by atoms with Gasteiger partial charge >= 0.3 is 12.0 Å². The number of nitrogens with one attached hydrogen (secondary N) is 2. The number of unbranched alkanes of at least 4 members (excludes halogenated alkanes) is 8. The molecule has 30 heavy (non-hydrogen) atoms. The average molecular weight is 421 g/mol. The molecule has 1 aromatic carbocycles. The molecule has 0 unspecified atom stereocenters. The summed E-state index contributed by atoms with van der Waals surface area (Å²) in [4.78, 5) is 22.9. The predicted molar refractivity (Wildman–Crippen MR) is 122 cm³/mol. The summed E-state index contributed by atoms with van der Waals surface area (Å²) < 4.78 is 10.6. The minimum Gasteiger partial charge on any atom is -0.466 e. The highest BCUT2D eigenvalue weighted by molar-refractivity contribution is 5.89. The maximum absolute atomic E-state index is 11.7. The minimum absolute atomic E-state index is 0.0652. The number of benzene rings is 1. The Kier molecular flexibility index (Phi) is 16.4. The van der Waals surface area contributed by atoms with E-state index in [-0.39, 0.29) is 12.0 Å². The summed E-state index contributed by atoms with van der Waals surface area (Å²) in [5, 5.41) is 5.62. The van der Waals surface area contributed by atoms with E-state index in [2.05, 4.69) is 10.6 Å². The number of hydrogen-bond acceptors (Lipinski definition) is 4. The van der Waals surface area contributed by atoms with Gasteiger partial charge in [0.05, 0.1) is 6.61 Å². The standard InChI is InChI=1S/C24H40N2O4/c1-2-30-23(27)18-13-8-6-4-3-5-7-9-14-20-29-21-15-19-25-24(28)26-22-16-11-10-12-17-22/h10-12,16-17H,2-9,13-15,18-21H2,1H3,(H2,25,26,28). The first-order valence-corrected chi connectivity index (χ1v) is 11.6. The highest BCUT2D eigenvalue weighted by Gasteiger charge is 2.01. The second-order valence-electron chi connectivity index (χ2n) is 7.45. The summed E-state index contributed by atoms with van der Waals surface area (Å²) in [6.45, 7) is 4.41. The van der Waals surface area contributed by atoms with Crippen LogP contribution in [0.15, 0.2) is 30.3 Å². The normalized spacial score (nSPS) is 10.6. The fourth-order valence-electron chi connectivity index (χ4n) is 3.12. The van der Waals surface area contributed by atoms with Gasteiger partial charge in [0, 0.05) is 31.9 Å². The monoisotopic (exact) mass is 420 g/mol. The zero-order chi connectivity index (χ0) is 21.7. The lowest BCUT2D eigenvalue weighted by Crippen LogP contribution is -2.30. The fraction of sp³-hybridized carbons (Fsp3) is 0.667. The van der Waals surface area contributed by atoms with Crippen LogP contribution in [0.4, 0.5) is 10.5 Å². The van der Waals surface area contributed by atoms with Crippen LogP contribution in [-0.4, -0.2) is 38.4 Å². The van der Waals surface area contributed by atoms with Gasteiger partial charge in [-0.2, -0.15) is 0 Å². The molecule has 0 fully saturated rings. The van der Waals surface area contributed by atoms with Crippen LogP contribution < -0.4 is 10.6 Å². The molecule has 0 atom stereocenters. The molecule has 2 N–H and O–H groups in total. The van der Waals surface area contributed by atoms with Gasteiger partial charge in [-0.05, 0) is 38.3 Å². The summed E-state index contributed by atoms with van der Waals surface area (Å²) in [6, 6.07) is 9.23. The molecule has 0 aromatic heterocycles. The number of para-hydroxylation sites is 1. The molecule has 1 rings (SSSR count). The van der Waals surface area contributed by atoms with E-state index in [1.807, 2.05) is 37.3 Å². The molecule has 0 aliphatic carbocycles. The molecular weight excluding hydrogens is 380 g/mol. The molecule has 170 valence electrons. The minimum atomic E-state index is -0.180. The number of hydrogen-bond donors (Lipinski definition) is 2. The van der Waals surface area contributed by atoms with Crippen LogP contribution in [0.2, 0.25) is 0 Å². The molecular formula is C24H40N2O4. The highest BCUT2D eigenvalue weighted by Crippen LogP contribution is 2.11. The topological polar surface area (TPSA) is 76.7 Å². The van der Waals surface area contributed by atoms with Gasteiger partial charge in [-0.3, -0.25) is 4.79 Å². The fourth-order valence-corrected chi connectivity index (χ4v) is 3.12. The maximum Gasteiger partial charge on any atom is 0.319 e. The van der Waals surface area contributed by atoms with Gasteiger partial charge in [-0.1, -0.05) is 63.1 Å². The van der Waals surface area contributed by atoms with E-state index in [1.54, 1.807) is 0 Å². The third-order valence-electron chi connectivity index (χ3n) is 4.76. The van der Waals surface area contributed by atoms with Crippen LogP contribution in [0.25, 0.3) is 0 Å². The molecule has 0 saturated heterocycles. The lowest BCUT2D eigenvalue weighted by Gasteiger charge is -2.08. The van der Waals surface area contributed by atoms with Crippen LogP contribution in [0.3, 0.4) is 0 Å². The van der Waals surface area contributed by atoms with Crippen molar-refractivity contribution < 1.29 is 19.1 Å². The number of rotatable bonds is 18. The predicted octanol–water partition coefficient (Wildman–Crippen LogP) is 5.68. The molecule has 0 radical (unpaired) electrons. The first-order chi connectivity index (χ1) is 14.7. The summed E-state index contributed by atoms with van der Waals surface area (Å²) >= 11 is 0. The van der Waals surface area contributed by atoms with Crippen molar-refractivity contribution in [3.63, 3.8) is 0 Å². The number of carbonyl (C=O) groups excluding carboxylic acids is 2. The van der Waals surface area contributed by atoms with Gasteiger partial charge < -0.3 is 20.1 Å². The Labute approximate surface area is 182 Å². The molecule has 0 heterocycles. The average Bonchev–Trinajstić information content (AvgIpc) is 2.74. The van der Waals surface area contributed by atoms with Crippen LogP contribution in [0, 0.1) is 0 Å². The van der Waals surface area contributed by atoms with Crippen LogP contribution in [0.5, 0.6) is 0 Å². The largest absolute Gasteiger partial charge is 0.466 e.